The van der Waals surface area contributed by atoms with E-state index >= 15 is 0 Å². The first kappa shape index (κ1) is 14.9. The van der Waals surface area contributed by atoms with Crippen LogP contribution in [0, 0.1) is 17.6 Å². The minimum atomic E-state index is -0.662. The Labute approximate surface area is 117 Å². The number of carbonyl (C=O) groups is 1. The summed E-state index contributed by atoms with van der Waals surface area (Å²) in [4.78, 5) is 11.8. The quantitative estimate of drug-likeness (QED) is 0.871. The molecule has 1 saturated heterocycles. The van der Waals surface area contributed by atoms with Gasteiger partial charge < -0.3 is 10.6 Å². The van der Waals surface area contributed by atoms with Crippen LogP contribution in [0.4, 0.5) is 8.78 Å². The maximum atomic E-state index is 13.6. The van der Waals surface area contributed by atoms with E-state index in [0.29, 0.717) is 12.3 Å². The fourth-order valence-electron chi connectivity index (χ4n) is 2.61. The molecule has 3 nitrogen and oxygen atoms in total. The van der Waals surface area contributed by atoms with Gasteiger partial charge in [0.15, 0.2) is 0 Å². The number of hydrogen-bond acceptors (Lipinski definition) is 2. The SMILES string of the molecule is CC(NC(=O)CCC1CCNC1)c1c(F)cccc1F. The molecule has 0 radical (unpaired) electrons. The van der Waals surface area contributed by atoms with Crippen molar-refractivity contribution in [1.29, 1.82) is 0 Å². The van der Waals surface area contributed by atoms with Crippen LogP contribution in [0.2, 0.25) is 0 Å². The molecule has 1 heterocycles. The Balaban J connectivity index is 1.87. The zero-order valence-electron chi connectivity index (χ0n) is 11.6. The molecule has 1 aromatic carbocycles. The van der Waals surface area contributed by atoms with Crippen LogP contribution >= 0.6 is 0 Å². The Morgan fingerprint density at radius 2 is 2.15 bits per heavy atom. The summed E-state index contributed by atoms with van der Waals surface area (Å²) in [6.45, 7) is 3.55. The fraction of sp³-hybridized carbons (Fsp3) is 0.533. The number of halogens is 2. The molecular formula is C15H20F2N2O. The highest BCUT2D eigenvalue weighted by molar-refractivity contribution is 5.76. The van der Waals surface area contributed by atoms with E-state index in [9.17, 15) is 13.6 Å². The number of rotatable bonds is 5. The van der Waals surface area contributed by atoms with E-state index in [4.69, 9.17) is 0 Å². The molecule has 1 amide bonds. The molecule has 2 rings (SSSR count). The Bertz CT molecular complexity index is 453. The average molecular weight is 282 g/mol. The minimum absolute atomic E-state index is 0.0802. The van der Waals surface area contributed by atoms with Crippen molar-refractivity contribution in [1.82, 2.24) is 10.6 Å². The molecule has 2 N–H and O–H groups in total. The topological polar surface area (TPSA) is 41.1 Å². The van der Waals surface area contributed by atoms with Gasteiger partial charge in [0.2, 0.25) is 5.91 Å². The highest BCUT2D eigenvalue weighted by atomic mass is 19.1. The standard InChI is InChI=1S/C15H20F2N2O/c1-10(15-12(16)3-2-4-13(15)17)19-14(20)6-5-11-7-8-18-9-11/h2-4,10-11,18H,5-9H2,1H3,(H,19,20). The van der Waals surface area contributed by atoms with Gasteiger partial charge in [0.1, 0.15) is 11.6 Å². The first-order valence-electron chi connectivity index (χ1n) is 7.02. The lowest BCUT2D eigenvalue weighted by Crippen LogP contribution is -2.28. The van der Waals surface area contributed by atoms with Gasteiger partial charge in [0.25, 0.3) is 0 Å². The highest BCUT2D eigenvalue weighted by Crippen LogP contribution is 2.21. The monoisotopic (exact) mass is 282 g/mol. The van der Waals surface area contributed by atoms with Crippen molar-refractivity contribution in [2.45, 2.75) is 32.2 Å². The third-order valence-corrected chi connectivity index (χ3v) is 3.75. The largest absolute Gasteiger partial charge is 0.349 e. The second-order valence-corrected chi connectivity index (χ2v) is 5.32. The van der Waals surface area contributed by atoms with E-state index < -0.39 is 17.7 Å². The molecule has 0 spiro atoms. The van der Waals surface area contributed by atoms with Gasteiger partial charge in [-0.25, -0.2) is 8.78 Å². The lowest BCUT2D eigenvalue weighted by Gasteiger charge is -2.16. The molecule has 1 aliphatic rings. The summed E-state index contributed by atoms with van der Waals surface area (Å²) in [6.07, 6.45) is 2.29. The molecular weight excluding hydrogens is 262 g/mol. The number of nitrogens with one attached hydrogen (secondary N) is 2. The van der Waals surface area contributed by atoms with Crippen LogP contribution in [0.15, 0.2) is 18.2 Å². The molecule has 110 valence electrons. The molecule has 2 atom stereocenters. The van der Waals surface area contributed by atoms with Crippen molar-refractivity contribution >= 4 is 5.91 Å². The molecule has 0 saturated carbocycles. The molecule has 2 unspecified atom stereocenters. The van der Waals surface area contributed by atoms with Crippen LogP contribution in [0.25, 0.3) is 0 Å². The fourth-order valence-corrected chi connectivity index (χ4v) is 2.61. The summed E-state index contributed by atoms with van der Waals surface area (Å²) >= 11 is 0. The number of amides is 1. The van der Waals surface area contributed by atoms with Crippen LogP contribution in [0.3, 0.4) is 0 Å². The van der Waals surface area contributed by atoms with Gasteiger partial charge in [-0.2, -0.15) is 0 Å². The minimum Gasteiger partial charge on any atom is -0.349 e. The molecule has 20 heavy (non-hydrogen) atoms. The molecule has 0 aromatic heterocycles. The van der Waals surface area contributed by atoms with E-state index in [-0.39, 0.29) is 11.5 Å². The molecule has 1 fully saturated rings. The van der Waals surface area contributed by atoms with E-state index in [2.05, 4.69) is 10.6 Å². The summed E-state index contributed by atoms with van der Waals surface area (Å²) in [5, 5.41) is 5.91. The first-order valence-corrected chi connectivity index (χ1v) is 7.02. The van der Waals surface area contributed by atoms with Crippen molar-refractivity contribution in [3.05, 3.63) is 35.4 Å². The average Bonchev–Trinajstić information content (AvgIpc) is 2.89. The van der Waals surface area contributed by atoms with Crippen molar-refractivity contribution < 1.29 is 13.6 Å². The number of carbonyl (C=O) groups excluding carboxylic acids is 1. The van der Waals surface area contributed by atoms with Crippen LogP contribution in [0.1, 0.15) is 37.8 Å². The molecule has 1 aromatic rings. The number of hydrogen-bond donors (Lipinski definition) is 2. The zero-order chi connectivity index (χ0) is 14.5. The second kappa shape index (κ2) is 6.79. The Kier molecular flexibility index (Phi) is 5.06. The molecule has 1 aliphatic heterocycles. The normalized spacial score (nSPS) is 19.9. The summed E-state index contributed by atoms with van der Waals surface area (Å²) in [6, 6.07) is 3.05. The lowest BCUT2D eigenvalue weighted by molar-refractivity contribution is -0.122. The van der Waals surface area contributed by atoms with Crippen LogP contribution in [0.5, 0.6) is 0 Å². The molecule has 0 bridgehead atoms. The van der Waals surface area contributed by atoms with E-state index in [1.165, 1.54) is 18.2 Å². The highest BCUT2D eigenvalue weighted by Gasteiger charge is 2.19. The predicted octanol–water partition coefficient (Wildman–Crippen LogP) is 2.53. The van der Waals surface area contributed by atoms with Crippen molar-refractivity contribution in [2.24, 2.45) is 5.92 Å². The number of benzene rings is 1. The third kappa shape index (κ3) is 3.76. The van der Waals surface area contributed by atoms with Crippen LogP contribution < -0.4 is 10.6 Å². The summed E-state index contributed by atoms with van der Waals surface area (Å²) in [5.41, 5.74) is -0.0802. The zero-order valence-corrected chi connectivity index (χ0v) is 11.6. The second-order valence-electron chi connectivity index (χ2n) is 5.32. The maximum Gasteiger partial charge on any atom is 0.220 e. The lowest BCUT2D eigenvalue weighted by atomic mass is 10.0. The Hall–Kier alpha value is -1.49. The van der Waals surface area contributed by atoms with E-state index in [1.54, 1.807) is 6.92 Å². The predicted molar refractivity (Wildman–Crippen MR) is 73.1 cm³/mol. The van der Waals surface area contributed by atoms with Gasteiger partial charge in [-0.15, -0.1) is 0 Å². The summed E-state index contributed by atoms with van der Waals surface area (Å²) < 4.78 is 27.2. The Morgan fingerprint density at radius 1 is 1.45 bits per heavy atom. The van der Waals surface area contributed by atoms with Crippen molar-refractivity contribution in [2.75, 3.05) is 13.1 Å². The molecule has 0 aliphatic carbocycles. The summed E-state index contributed by atoms with van der Waals surface area (Å²) in [7, 11) is 0. The van der Waals surface area contributed by atoms with Crippen molar-refractivity contribution in [3.63, 3.8) is 0 Å². The Morgan fingerprint density at radius 3 is 2.75 bits per heavy atom. The van der Waals surface area contributed by atoms with Gasteiger partial charge in [-0.1, -0.05) is 6.07 Å². The maximum absolute atomic E-state index is 13.6. The van der Waals surface area contributed by atoms with Crippen molar-refractivity contribution in [3.8, 4) is 0 Å². The van der Waals surface area contributed by atoms with Gasteiger partial charge in [0, 0.05) is 12.0 Å². The smallest absolute Gasteiger partial charge is 0.220 e. The van der Waals surface area contributed by atoms with Gasteiger partial charge >= 0.3 is 0 Å². The summed E-state index contributed by atoms with van der Waals surface area (Å²) in [5.74, 6) is -0.885. The van der Waals surface area contributed by atoms with E-state index in [1.807, 2.05) is 0 Å². The van der Waals surface area contributed by atoms with Gasteiger partial charge in [0.05, 0.1) is 6.04 Å². The molecule has 5 heteroatoms. The third-order valence-electron chi connectivity index (χ3n) is 3.75. The van der Waals surface area contributed by atoms with Crippen LogP contribution in [-0.4, -0.2) is 19.0 Å². The van der Waals surface area contributed by atoms with Crippen LogP contribution in [-0.2, 0) is 4.79 Å². The van der Waals surface area contributed by atoms with E-state index in [0.717, 1.165) is 25.9 Å². The van der Waals surface area contributed by atoms with Gasteiger partial charge in [-0.05, 0) is 50.9 Å². The first-order chi connectivity index (χ1) is 9.58. The van der Waals surface area contributed by atoms with Gasteiger partial charge in [-0.3, -0.25) is 4.79 Å².